The molecule has 0 N–H and O–H groups in total. The number of carbonyl (C=O) groups excluding carboxylic acids is 1. The van der Waals surface area contributed by atoms with E-state index in [-0.39, 0.29) is 11.3 Å². The number of ketones is 1. The Kier molecular flexibility index (Phi) is 4.00. The highest BCUT2D eigenvalue weighted by Crippen LogP contribution is 2.14. The van der Waals surface area contributed by atoms with E-state index >= 15 is 0 Å². The molecule has 4 heteroatoms. The molecule has 98 valence electrons. The Balaban J connectivity index is 2.56. The van der Waals surface area contributed by atoms with Crippen LogP contribution in [0.25, 0.3) is 0 Å². The highest BCUT2D eigenvalue weighted by molar-refractivity contribution is 9.10. The first-order valence-electron chi connectivity index (χ1n) is 5.95. The zero-order chi connectivity index (χ0) is 14.0. The molecule has 2 rings (SSSR count). The van der Waals surface area contributed by atoms with Crippen LogP contribution in [0, 0.1) is 6.92 Å². The van der Waals surface area contributed by atoms with E-state index in [0.717, 1.165) is 5.56 Å². The molecular weight excluding hydrogens is 306 g/mol. The molecule has 2 aromatic rings. The van der Waals surface area contributed by atoms with Crippen molar-refractivity contribution < 1.29 is 4.79 Å². The van der Waals surface area contributed by atoms with Gasteiger partial charge in [-0.15, -0.1) is 0 Å². The molecule has 0 aliphatic rings. The minimum atomic E-state index is -0.119. The Morgan fingerprint density at radius 2 is 1.89 bits per heavy atom. The molecule has 1 heterocycles. The van der Waals surface area contributed by atoms with Gasteiger partial charge in [0.05, 0.1) is 11.0 Å². The van der Waals surface area contributed by atoms with Crippen molar-refractivity contribution in [1.82, 2.24) is 4.57 Å². The molecule has 0 saturated heterocycles. The van der Waals surface area contributed by atoms with Crippen LogP contribution in [0.4, 0.5) is 0 Å². The number of pyridine rings is 1. The summed E-state index contributed by atoms with van der Waals surface area (Å²) in [4.78, 5) is 23.8. The van der Waals surface area contributed by atoms with Gasteiger partial charge in [-0.2, -0.15) is 0 Å². The number of benzene rings is 1. The average molecular weight is 320 g/mol. The Hall–Kier alpha value is -1.68. The highest BCUT2D eigenvalue weighted by atomic mass is 79.9. The van der Waals surface area contributed by atoms with E-state index in [1.807, 2.05) is 30.3 Å². The van der Waals surface area contributed by atoms with Gasteiger partial charge in [0.15, 0.2) is 5.78 Å². The fraction of sp³-hybridized carbons (Fsp3) is 0.200. The second-order valence-corrected chi connectivity index (χ2v) is 5.28. The van der Waals surface area contributed by atoms with Crippen LogP contribution in [0.5, 0.6) is 0 Å². The molecule has 19 heavy (non-hydrogen) atoms. The van der Waals surface area contributed by atoms with Gasteiger partial charge in [-0.3, -0.25) is 9.59 Å². The number of carbonyl (C=O) groups is 1. The zero-order valence-electron chi connectivity index (χ0n) is 10.8. The van der Waals surface area contributed by atoms with Crippen LogP contribution in [0.15, 0.2) is 45.7 Å². The number of hydrogen-bond acceptors (Lipinski definition) is 2. The summed E-state index contributed by atoms with van der Waals surface area (Å²) in [7, 11) is 0. The molecule has 3 nitrogen and oxygen atoms in total. The van der Waals surface area contributed by atoms with Crippen LogP contribution in [0.2, 0.25) is 0 Å². The molecule has 0 fully saturated rings. The molecule has 1 aromatic heterocycles. The molecule has 0 bridgehead atoms. The fourth-order valence-electron chi connectivity index (χ4n) is 2.03. The summed E-state index contributed by atoms with van der Waals surface area (Å²) in [6.07, 6.45) is 0. The van der Waals surface area contributed by atoms with Gasteiger partial charge in [-0.05, 0) is 41.4 Å². The predicted molar refractivity (Wildman–Crippen MR) is 78.7 cm³/mol. The normalized spacial score (nSPS) is 10.5. The Morgan fingerprint density at radius 3 is 2.47 bits per heavy atom. The molecule has 0 aliphatic heterocycles. The first-order chi connectivity index (χ1) is 9.00. The highest BCUT2D eigenvalue weighted by Gasteiger charge is 2.13. The van der Waals surface area contributed by atoms with Gasteiger partial charge in [0.1, 0.15) is 0 Å². The lowest BCUT2D eigenvalue weighted by atomic mass is 10.1. The number of hydrogen-bond donors (Lipinski definition) is 0. The van der Waals surface area contributed by atoms with Gasteiger partial charge >= 0.3 is 0 Å². The number of aromatic nitrogens is 1. The summed E-state index contributed by atoms with van der Waals surface area (Å²) in [5, 5.41) is 0. The number of halogens is 1. The fourth-order valence-corrected chi connectivity index (χ4v) is 2.48. The lowest BCUT2D eigenvalue weighted by Gasteiger charge is -2.13. The summed E-state index contributed by atoms with van der Waals surface area (Å²) in [5.41, 5.74) is 2.18. The van der Waals surface area contributed by atoms with E-state index in [2.05, 4.69) is 15.9 Å². The van der Waals surface area contributed by atoms with Gasteiger partial charge in [0, 0.05) is 11.3 Å². The van der Waals surface area contributed by atoms with Crippen molar-refractivity contribution in [3.8, 4) is 0 Å². The van der Waals surface area contributed by atoms with Crippen molar-refractivity contribution in [2.45, 2.75) is 20.4 Å². The summed E-state index contributed by atoms with van der Waals surface area (Å²) in [6.45, 7) is 3.77. The summed E-state index contributed by atoms with van der Waals surface area (Å²) in [5.74, 6) is -0.0417. The lowest BCUT2D eigenvalue weighted by molar-refractivity contribution is 0.101. The summed E-state index contributed by atoms with van der Waals surface area (Å²) >= 11 is 3.23. The smallest absolute Gasteiger partial charge is 0.265 e. The largest absolute Gasteiger partial charge is 0.307 e. The number of Topliss-reactive ketones (excluding diaryl/α,β-unsaturated/α-hetero) is 1. The minimum absolute atomic E-state index is 0.0417. The summed E-state index contributed by atoms with van der Waals surface area (Å²) in [6, 6.07) is 11.3. The van der Waals surface area contributed by atoms with Gasteiger partial charge < -0.3 is 4.57 Å². The van der Waals surface area contributed by atoms with E-state index in [1.165, 1.54) is 6.92 Å². The van der Waals surface area contributed by atoms with Gasteiger partial charge in [-0.1, -0.05) is 30.3 Å². The number of nitrogens with zero attached hydrogens (tertiary/aromatic N) is 1. The van der Waals surface area contributed by atoms with E-state index in [9.17, 15) is 9.59 Å². The lowest BCUT2D eigenvalue weighted by Crippen LogP contribution is -2.25. The van der Waals surface area contributed by atoms with Gasteiger partial charge in [0.25, 0.3) is 5.56 Å². The van der Waals surface area contributed by atoms with Crippen molar-refractivity contribution in [3.63, 3.8) is 0 Å². The topological polar surface area (TPSA) is 39.1 Å². The molecule has 0 radical (unpaired) electrons. The minimum Gasteiger partial charge on any atom is -0.307 e. The maximum absolute atomic E-state index is 12.2. The van der Waals surface area contributed by atoms with E-state index in [1.54, 1.807) is 17.6 Å². The van der Waals surface area contributed by atoms with Crippen molar-refractivity contribution >= 4 is 21.7 Å². The first kappa shape index (κ1) is 13.7. The number of rotatable bonds is 3. The van der Waals surface area contributed by atoms with Crippen LogP contribution >= 0.6 is 15.9 Å². The van der Waals surface area contributed by atoms with E-state index in [0.29, 0.717) is 22.3 Å². The van der Waals surface area contributed by atoms with E-state index in [4.69, 9.17) is 0 Å². The molecule has 0 atom stereocenters. The van der Waals surface area contributed by atoms with Crippen molar-refractivity contribution in [1.29, 1.82) is 0 Å². The maximum atomic E-state index is 12.2. The standard InChI is InChI=1S/C15H14BrNO2/c1-10-13(11(2)18)8-14(16)15(19)17(10)9-12-6-4-3-5-7-12/h3-8H,9H2,1-2H3. The first-order valence-corrected chi connectivity index (χ1v) is 6.75. The van der Waals surface area contributed by atoms with Crippen molar-refractivity contribution in [2.24, 2.45) is 0 Å². The molecule has 0 saturated carbocycles. The quantitative estimate of drug-likeness (QED) is 0.815. The van der Waals surface area contributed by atoms with Crippen molar-refractivity contribution in [3.05, 3.63) is 68.0 Å². The monoisotopic (exact) mass is 319 g/mol. The van der Waals surface area contributed by atoms with Crippen LogP contribution < -0.4 is 5.56 Å². The van der Waals surface area contributed by atoms with Crippen LogP contribution in [-0.2, 0) is 6.54 Å². The zero-order valence-corrected chi connectivity index (χ0v) is 12.4. The molecule has 0 unspecified atom stereocenters. The van der Waals surface area contributed by atoms with Gasteiger partial charge in [0.2, 0.25) is 0 Å². The molecule has 1 aromatic carbocycles. The van der Waals surface area contributed by atoms with Crippen LogP contribution in [-0.4, -0.2) is 10.4 Å². The Labute approximate surface area is 120 Å². The third kappa shape index (κ3) is 2.84. The second kappa shape index (κ2) is 5.53. The molecular formula is C15H14BrNO2. The Bertz CT molecular complexity index is 675. The van der Waals surface area contributed by atoms with Crippen LogP contribution in [0.3, 0.4) is 0 Å². The maximum Gasteiger partial charge on any atom is 0.265 e. The SMILES string of the molecule is CC(=O)c1cc(Br)c(=O)n(Cc2ccccc2)c1C. The molecule has 0 aliphatic carbocycles. The Morgan fingerprint density at radius 1 is 1.26 bits per heavy atom. The van der Waals surface area contributed by atoms with Crippen LogP contribution in [0.1, 0.15) is 28.5 Å². The van der Waals surface area contributed by atoms with E-state index < -0.39 is 0 Å². The predicted octanol–water partition coefficient (Wildman–Crippen LogP) is 3.17. The third-order valence-corrected chi connectivity index (χ3v) is 3.65. The second-order valence-electron chi connectivity index (χ2n) is 4.42. The molecule has 0 spiro atoms. The third-order valence-electron chi connectivity index (χ3n) is 3.08. The summed E-state index contributed by atoms with van der Waals surface area (Å²) < 4.78 is 2.04. The molecule has 0 amide bonds. The van der Waals surface area contributed by atoms with Gasteiger partial charge in [-0.25, -0.2) is 0 Å². The van der Waals surface area contributed by atoms with Crippen molar-refractivity contribution in [2.75, 3.05) is 0 Å². The average Bonchev–Trinajstić information content (AvgIpc) is 2.40.